The SMILES string of the molecule is C[C@@H]1Sc2ccc(C(=O)NC[C@H]3COc4ccccc4O3)cc2NC1=O. The van der Waals surface area contributed by atoms with Gasteiger partial charge in [-0.25, -0.2) is 0 Å². The van der Waals surface area contributed by atoms with Crippen LogP contribution in [0.15, 0.2) is 47.4 Å². The van der Waals surface area contributed by atoms with E-state index in [9.17, 15) is 9.59 Å². The molecule has 0 saturated carbocycles. The van der Waals surface area contributed by atoms with E-state index in [1.807, 2.05) is 37.3 Å². The van der Waals surface area contributed by atoms with Gasteiger partial charge in [0.2, 0.25) is 5.91 Å². The summed E-state index contributed by atoms with van der Waals surface area (Å²) in [6, 6.07) is 12.8. The number of benzene rings is 2. The molecule has 0 saturated heterocycles. The maximum atomic E-state index is 12.4. The number of carbonyl (C=O) groups excluding carboxylic acids is 2. The number of amides is 2. The predicted molar refractivity (Wildman–Crippen MR) is 99.1 cm³/mol. The molecule has 2 aromatic rings. The zero-order valence-corrected chi connectivity index (χ0v) is 15.0. The van der Waals surface area contributed by atoms with Gasteiger partial charge < -0.3 is 20.1 Å². The van der Waals surface area contributed by atoms with Crippen molar-refractivity contribution < 1.29 is 19.1 Å². The van der Waals surface area contributed by atoms with E-state index in [0.717, 1.165) is 4.90 Å². The topological polar surface area (TPSA) is 76.7 Å². The number of carbonyl (C=O) groups is 2. The van der Waals surface area contributed by atoms with Gasteiger partial charge in [-0.15, -0.1) is 11.8 Å². The number of para-hydroxylation sites is 2. The first-order chi connectivity index (χ1) is 12.6. The van der Waals surface area contributed by atoms with Crippen LogP contribution in [0.3, 0.4) is 0 Å². The highest BCUT2D eigenvalue weighted by molar-refractivity contribution is 8.00. The van der Waals surface area contributed by atoms with Crippen molar-refractivity contribution in [2.24, 2.45) is 0 Å². The van der Waals surface area contributed by atoms with Crippen molar-refractivity contribution in [3.63, 3.8) is 0 Å². The zero-order chi connectivity index (χ0) is 18.1. The fourth-order valence-electron chi connectivity index (χ4n) is 2.82. The van der Waals surface area contributed by atoms with Gasteiger partial charge in [-0.2, -0.15) is 0 Å². The average Bonchev–Trinajstić information content (AvgIpc) is 2.66. The fraction of sp³-hybridized carbons (Fsp3) is 0.263. The second kappa shape index (κ2) is 6.92. The first-order valence-corrected chi connectivity index (χ1v) is 9.26. The summed E-state index contributed by atoms with van der Waals surface area (Å²) in [6.45, 7) is 2.57. The third-order valence-electron chi connectivity index (χ3n) is 4.23. The minimum atomic E-state index is -0.248. The van der Waals surface area contributed by atoms with E-state index in [1.54, 1.807) is 12.1 Å². The molecule has 7 heteroatoms. The van der Waals surface area contributed by atoms with Gasteiger partial charge >= 0.3 is 0 Å². The van der Waals surface area contributed by atoms with Crippen molar-refractivity contribution in [3.8, 4) is 11.5 Å². The van der Waals surface area contributed by atoms with Crippen molar-refractivity contribution in [2.45, 2.75) is 23.2 Å². The second-order valence-electron chi connectivity index (χ2n) is 6.17. The first-order valence-electron chi connectivity index (χ1n) is 8.38. The van der Waals surface area contributed by atoms with Gasteiger partial charge in [0.25, 0.3) is 5.91 Å². The second-order valence-corrected chi connectivity index (χ2v) is 7.55. The van der Waals surface area contributed by atoms with Crippen LogP contribution in [0.1, 0.15) is 17.3 Å². The van der Waals surface area contributed by atoms with Gasteiger partial charge in [-0.3, -0.25) is 9.59 Å². The average molecular weight is 370 g/mol. The molecule has 0 fully saturated rings. The Kier molecular flexibility index (Phi) is 4.46. The number of fused-ring (bicyclic) bond motifs is 2. The number of anilines is 1. The Labute approximate surface area is 155 Å². The summed E-state index contributed by atoms with van der Waals surface area (Å²) in [5, 5.41) is 5.57. The van der Waals surface area contributed by atoms with E-state index < -0.39 is 0 Å². The standard InChI is InChI=1S/C19H18N2O4S/c1-11-18(22)21-14-8-12(6-7-17(14)26-11)19(23)20-9-13-10-24-15-4-2-3-5-16(15)25-13/h2-8,11,13H,9-10H2,1H3,(H,20,23)(H,21,22)/t11-,13-/m0/s1. The molecule has 0 unspecified atom stereocenters. The molecule has 2 atom stereocenters. The number of hydrogen-bond acceptors (Lipinski definition) is 5. The highest BCUT2D eigenvalue weighted by Crippen LogP contribution is 2.36. The summed E-state index contributed by atoms with van der Waals surface area (Å²) >= 11 is 1.49. The number of thioether (sulfide) groups is 1. The third kappa shape index (κ3) is 3.35. The largest absolute Gasteiger partial charge is 0.486 e. The molecule has 134 valence electrons. The Balaban J connectivity index is 1.39. The summed E-state index contributed by atoms with van der Waals surface area (Å²) in [7, 11) is 0. The van der Waals surface area contributed by atoms with Crippen LogP contribution in [0.2, 0.25) is 0 Å². The molecule has 2 heterocycles. The van der Waals surface area contributed by atoms with Crippen LogP contribution in [0.25, 0.3) is 0 Å². The lowest BCUT2D eigenvalue weighted by atomic mass is 10.1. The molecule has 2 amide bonds. The maximum absolute atomic E-state index is 12.4. The van der Waals surface area contributed by atoms with E-state index in [4.69, 9.17) is 9.47 Å². The van der Waals surface area contributed by atoms with Gasteiger partial charge in [0.15, 0.2) is 11.5 Å². The quantitative estimate of drug-likeness (QED) is 0.869. The van der Waals surface area contributed by atoms with Crippen molar-refractivity contribution in [1.82, 2.24) is 5.32 Å². The van der Waals surface area contributed by atoms with Crippen molar-refractivity contribution >= 4 is 29.3 Å². The smallest absolute Gasteiger partial charge is 0.251 e. The highest BCUT2D eigenvalue weighted by Gasteiger charge is 2.24. The van der Waals surface area contributed by atoms with Crippen LogP contribution < -0.4 is 20.1 Å². The number of ether oxygens (including phenoxy) is 2. The summed E-state index contributed by atoms with van der Waals surface area (Å²) < 4.78 is 11.5. The van der Waals surface area contributed by atoms with Crippen LogP contribution in [0.5, 0.6) is 11.5 Å². The lowest BCUT2D eigenvalue weighted by Gasteiger charge is -2.26. The monoisotopic (exact) mass is 370 g/mol. The number of nitrogens with one attached hydrogen (secondary N) is 2. The van der Waals surface area contributed by atoms with Crippen LogP contribution in [0.4, 0.5) is 5.69 Å². The Bertz CT molecular complexity index is 870. The van der Waals surface area contributed by atoms with Gasteiger partial charge in [0.05, 0.1) is 17.5 Å². The number of rotatable bonds is 3. The third-order valence-corrected chi connectivity index (χ3v) is 5.41. The van der Waals surface area contributed by atoms with Crippen LogP contribution in [0, 0.1) is 0 Å². The Hall–Kier alpha value is -2.67. The Morgan fingerprint density at radius 2 is 2.08 bits per heavy atom. The highest BCUT2D eigenvalue weighted by atomic mass is 32.2. The van der Waals surface area contributed by atoms with E-state index in [2.05, 4.69) is 10.6 Å². The molecule has 0 aromatic heterocycles. The maximum Gasteiger partial charge on any atom is 0.251 e. The normalized spacial score (nSPS) is 20.7. The molecule has 0 bridgehead atoms. The number of hydrogen-bond donors (Lipinski definition) is 2. The summed E-state index contributed by atoms with van der Waals surface area (Å²) in [5.74, 6) is 1.13. The molecular formula is C19H18N2O4S. The van der Waals surface area contributed by atoms with Crippen LogP contribution in [-0.2, 0) is 4.79 Å². The molecule has 0 spiro atoms. The fourth-order valence-corrected chi connectivity index (χ4v) is 3.75. The summed E-state index contributed by atoms with van der Waals surface area (Å²) in [4.78, 5) is 25.2. The minimum absolute atomic E-state index is 0.0496. The summed E-state index contributed by atoms with van der Waals surface area (Å²) in [5.41, 5.74) is 1.17. The zero-order valence-electron chi connectivity index (χ0n) is 14.2. The van der Waals surface area contributed by atoms with Crippen molar-refractivity contribution in [2.75, 3.05) is 18.5 Å². The van der Waals surface area contributed by atoms with E-state index >= 15 is 0 Å². The van der Waals surface area contributed by atoms with Gasteiger partial charge in [-0.05, 0) is 37.3 Å². The van der Waals surface area contributed by atoms with Crippen molar-refractivity contribution in [3.05, 3.63) is 48.0 Å². The molecule has 0 radical (unpaired) electrons. The van der Waals surface area contributed by atoms with Crippen LogP contribution >= 0.6 is 11.8 Å². The van der Waals surface area contributed by atoms with Gasteiger partial charge in [0.1, 0.15) is 12.7 Å². The molecular weight excluding hydrogens is 352 g/mol. The lowest BCUT2D eigenvalue weighted by Crippen LogP contribution is -2.40. The minimum Gasteiger partial charge on any atom is -0.486 e. The van der Waals surface area contributed by atoms with E-state index in [0.29, 0.717) is 35.9 Å². The van der Waals surface area contributed by atoms with Gasteiger partial charge in [-0.1, -0.05) is 12.1 Å². The first kappa shape index (κ1) is 16.8. The molecule has 4 rings (SSSR count). The Morgan fingerprint density at radius 1 is 1.27 bits per heavy atom. The van der Waals surface area contributed by atoms with Crippen LogP contribution in [-0.4, -0.2) is 36.3 Å². The lowest BCUT2D eigenvalue weighted by molar-refractivity contribution is -0.115. The molecule has 2 aliphatic heterocycles. The van der Waals surface area contributed by atoms with E-state index in [1.165, 1.54) is 11.8 Å². The predicted octanol–water partition coefficient (Wildman–Crippen LogP) is 2.69. The molecule has 6 nitrogen and oxygen atoms in total. The Morgan fingerprint density at radius 3 is 2.92 bits per heavy atom. The molecule has 0 aliphatic carbocycles. The van der Waals surface area contributed by atoms with Gasteiger partial charge in [0, 0.05) is 10.5 Å². The molecule has 2 aromatic carbocycles. The molecule has 26 heavy (non-hydrogen) atoms. The van der Waals surface area contributed by atoms with Crippen molar-refractivity contribution in [1.29, 1.82) is 0 Å². The molecule has 2 N–H and O–H groups in total. The summed E-state index contributed by atoms with van der Waals surface area (Å²) in [6.07, 6.45) is -0.248. The van der Waals surface area contributed by atoms with E-state index in [-0.39, 0.29) is 23.2 Å². The molecule has 2 aliphatic rings.